The van der Waals surface area contributed by atoms with E-state index in [1.807, 2.05) is 121 Å². The first-order chi connectivity index (χ1) is 31.3. The molecule has 346 valence electrons. The summed E-state index contributed by atoms with van der Waals surface area (Å²) in [5.41, 5.74) is -1.05. The van der Waals surface area contributed by atoms with Crippen molar-refractivity contribution in [3.05, 3.63) is 144 Å². The second-order valence-corrected chi connectivity index (χ2v) is 16.3. The van der Waals surface area contributed by atoms with Gasteiger partial charge < -0.3 is 53.5 Å². The van der Waals surface area contributed by atoms with Crippen LogP contribution in [0.5, 0.6) is 0 Å². The van der Waals surface area contributed by atoms with Crippen LogP contribution in [0, 0.1) is 23.7 Å². The molecule has 0 bridgehead atoms. The van der Waals surface area contributed by atoms with Crippen LogP contribution in [0.4, 0.5) is 8.78 Å². The van der Waals surface area contributed by atoms with Crippen molar-refractivity contribution in [1.29, 1.82) is 0 Å². The molecule has 0 unspecified atom stereocenters. The van der Waals surface area contributed by atoms with Gasteiger partial charge in [-0.3, -0.25) is 9.59 Å². The van der Waals surface area contributed by atoms with E-state index in [2.05, 4.69) is 9.62 Å². The molecule has 15 nitrogen and oxygen atoms in total. The van der Waals surface area contributed by atoms with E-state index in [4.69, 9.17) is 43.6 Å². The Morgan fingerprint density at radius 3 is 1.23 bits per heavy atom. The number of aliphatic hydroxyl groups is 2. The Bertz CT molecular complexity index is 2190. The van der Waals surface area contributed by atoms with Gasteiger partial charge in [-0.05, 0) is 22.3 Å². The molecule has 0 aromatic heterocycles. The van der Waals surface area contributed by atoms with Gasteiger partial charge in [0.1, 0.15) is 30.5 Å². The minimum Gasteiger partial charge on any atom is -0.662 e. The van der Waals surface area contributed by atoms with Crippen LogP contribution < -0.4 is 34.8 Å². The quantitative estimate of drug-likeness (QED) is 0.0646. The number of hydrogen-bond donors (Lipinski definition) is 2. The second-order valence-electron chi connectivity index (χ2n) is 16.3. The van der Waals surface area contributed by atoms with E-state index < -0.39 is 101 Å². The summed E-state index contributed by atoms with van der Waals surface area (Å²) in [6.45, 7) is 1.08. The maximum atomic E-state index is 15.8. The largest absolute Gasteiger partial charge is 1.00 e. The van der Waals surface area contributed by atoms with E-state index in [1.54, 1.807) is 0 Å². The average molecular weight is 927 g/mol. The molecule has 4 aliphatic carbocycles. The Morgan fingerprint density at radius 2 is 0.924 bits per heavy atom. The molecule has 2 heterocycles. The predicted molar refractivity (Wildman–Crippen MR) is 218 cm³/mol. The van der Waals surface area contributed by atoms with Crippen molar-refractivity contribution in [1.82, 2.24) is 0 Å². The zero-order valence-corrected chi connectivity index (χ0v) is 38.8. The molecule has 66 heavy (non-hydrogen) atoms. The predicted octanol–water partition coefficient (Wildman–Crippen LogP) is 1.83. The maximum absolute atomic E-state index is 15.8. The number of carbonyl (C=O) groups is 4. The number of benzene rings is 4. The van der Waals surface area contributed by atoms with Gasteiger partial charge in [0.2, 0.25) is 11.3 Å². The van der Waals surface area contributed by atoms with Gasteiger partial charge in [0.05, 0.1) is 38.1 Å². The van der Waals surface area contributed by atoms with Gasteiger partial charge in [-0.25, -0.2) is 18.4 Å². The summed E-state index contributed by atoms with van der Waals surface area (Å²) >= 11 is 0. The van der Waals surface area contributed by atoms with Crippen LogP contribution >= 0.6 is 0 Å². The Hall–Kier alpha value is -4.66. The average Bonchev–Trinajstić information content (AvgIpc) is 3.83. The number of fused-ring (bicyclic) bond motifs is 4. The van der Waals surface area contributed by atoms with E-state index in [0.29, 0.717) is 0 Å². The van der Waals surface area contributed by atoms with Crippen molar-refractivity contribution < 1.29 is 111 Å². The van der Waals surface area contributed by atoms with Gasteiger partial charge in [0, 0.05) is 32.8 Å². The van der Waals surface area contributed by atoms with Gasteiger partial charge >= 0.3 is 47.5 Å². The number of alkyl halides is 2. The van der Waals surface area contributed by atoms with Crippen LogP contribution in [-0.2, 0) is 57.2 Å². The standard InChI is InChI=1S/C24H23FO6.C22H21FO5.CH2O3.CH4O.Na/c1-14(26)29-17-13-23(21-18(17)24(21,25)22(27)28-2)30-19(15-9-5-3-6-10-15)20(31-23)16-11-7-4-8-12-16;1-26-20(25)22(23)16-15(24)12-21(19(16)22)27-17(13-8-4-2-5-9-13)18(28-21)14-10-6-3-7-11-14;2-1-4-3;1-2;/h3-12,17-21H,13H2,1-2H3;2-11,15-19,24H,12H2,1H3;1,3H;2H,1H3;/q;;;;+1/p-1/t17-,18+,19+,20+,21+,24+;15-,16+,17+,18+,19+,22+;;;/m11.../s1. The number of aliphatic hydroxyl groups excluding tert-OH is 2. The third kappa shape index (κ3) is 8.94. The second kappa shape index (κ2) is 20.7. The zero-order chi connectivity index (χ0) is 46.7. The molecule has 4 aromatic rings. The maximum Gasteiger partial charge on any atom is 1.00 e. The van der Waals surface area contributed by atoms with Gasteiger partial charge in [-0.1, -0.05) is 121 Å². The van der Waals surface area contributed by atoms with Crippen LogP contribution in [-0.4, -0.2) is 91.0 Å². The van der Waals surface area contributed by atoms with Crippen LogP contribution in [0.1, 0.15) is 66.4 Å². The van der Waals surface area contributed by atoms with Crippen LogP contribution in [0.25, 0.3) is 0 Å². The Labute approximate surface area is 401 Å². The van der Waals surface area contributed by atoms with Crippen LogP contribution in [0.15, 0.2) is 121 Å². The number of ether oxygens (including phenoxy) is 7. The van der Waals surface area contributed by atoms with Gasteiger partial charge in [0.25, 0.3) is 6.47 Å². The third-order valence-electron chi connectivity index (χ3n) is 12.8. The monoisotopic (exact) mass is 926 g/mol. The Kier molecular flexibility index (Phi) is 15.9. The molecule has 6 aliphatic rings. The van der Waals surface area contributed by atoms with Crippen molar-refractivity contribution >= 4 is 24.4 Å². The zero-order valence-electron chi connectivity index (χ0n) is 36.8. The molecule has 18 heteroatoms. The number of rotatable bonds is 8. The molecule has 4 saturated carbocycles. The van der Waals surface area contributed by atoms with Crippen molar-refractivity contribution in [2.24, 2.45) is 23.7 Å². The number of hydrogen-bond acceptors (Lipinski definition) is 15. The minimum absolute atomic E-state index is 0. The summed E-state index contributed by atoms with van der Waals surface area (Å²) in [5, 5.41) is 25.9. The van der Waals surface area contributed by atoms with Crippen molar-refractivity contribution in [3.8, 4) is 0 Å². The first-order valence-electron chi connectivity index (χ1n) is 20.8. The normalized spacial score (nSPS) is 32.7. The van der Waals surface area contributed by atoms with Crippen molar-refractivity contribution in [2.45, 2.75) is 79.3 Å². The minimum atomic E-state index is -2.32. The first kappa shape index (κ1) is 50.7. The molecular weight excluding hydrogens is 877 g/mol. The molecule has 2 N–H and O–H groups in total. The molecule has 6 fully saturated rings. The van der Waals surface area contributed by atoms with E-state index >= 15 is 8.78 Å². The topological polar surface area (TPSA) is 206 Å². The molecule has 0 amide bonds. The molecular formula is C48H49F2NaO15. The Morgan fingerprint density at radius 1 is 0.621 bits per heavy atom. The van der Waals surface area contributed by atoms with E-state index in [9.17, 15) is 19.5 Å². The fourth-order valence-corrected chi connectivity index (χ4v) is 10.4. The number of methoxy groups -OCH3 is 2. The number of carbonyl (C=O) groups excluding carboxylic acids is 4. The molecule has 4 aromatic carbocycles. The van der Waals surface area contributed by atoms with E-state index in [0.717, 1.165) is 43.6 Å². The SMILES string of the molecule is CO.COC(=O)[C@]1(F)[C@H]2[C@H](O)CC3(O[C@@H](c4ccccc4)[C@H](c4ccccc4)O3)[C@H]21.COC(=O)[C@]1(F)[C@H]2[C@H](OC(C)=O)CC3(O[C@@H](c4ccccc4)[C@H](c4ccccc4)O3)[C@H]21.O=CO[O-].[Na+]. The fraction of sp³-hybridized carbons (Fsp3) is 0.417. The summed E-state index contributed by atoms with van der Waals surface area (Å²) in [4.78, 5) is 47.3. The molecule has 2 aliphatic heterocycles. The molecule has 10 rings (SSSR count). The number of halogens is 2. The summed E-state index contributed by atoms with van der Waals surface area (Å²) < 4.78 is 71.6. The van der Waals surface area contributed by atoms with Crippen molar-refractivity contribution in [3.63, 3.8) is 0 Å². The first-order valence-corrected chi connectivity index (χ1v) is 20.8. The summed E-state index contributed by atoms with van der Waals surface area (Å²) in [7, 11) is 3.29. The summed E-state index contributed by atoms with van der Waals surface area (Å²) in [6.07, 6.45) is -3.56. The van der Waals surface area contributed by atoms with E-state index in [-0.39, 0.29) is 48.9 Å². The van der Waals surface area contributed by atoms with E-state index in [1.165, 1.54) is 6.92 Å². The molecule has 2 spiro atoms. The summed E-state index contributed by atoms with van der Waals surface area (Å²) in [6, 6.07) is 38.3. The van der Waals surface area contributed by atoms with Gasteiger partial charge in [-0.15, -0.1) is 0 Å². The number of esters is 3. The molecule has 12 atom stereocenters. The van der Waals surface area contributed by atoms with Crippen LogP contribution in [0.2, 0.25) is 0 Å². The smallest absolute Gasteiger partial charge is 0.662 e. The molecule has 2 saturated heterocycles. The summed E-state index contributed by atoms with van der Waals surface area (Å²) in [5.74, 6) is -8.84. The van der Waals surface area contributed by atoms with Gasteiger partial charge in [0.15, 0.2) is 11.6 Å². The Balaban J connectivity index is 0.000000193. The van der Waals surface area contributed by atoms with Gasteiger partial charge in [-0.2, -0.15) is 0 Å². The van der Waals surface area contributed by atoms with Crippen molar-refractivity contribution in [2.75, 3.05) is 21.3 Å². The fourth-order valence-electron chi connectivity index (χ4n) is 10.4. The van der Waals surface area contributed by atoms with Crippen LogP contribution in [0.3, 0.4) is 0 Å². The molecule has 0 radical (unpaired) electrons. The third-order valence-corrected chi connectivity index (χ3v) is 12.8.